The van der Waals surface area contributed by atoms with Gasteiger partial charge < -0.3 is 10.6 Å². The predicted octanol–water partition coefficient (Wildman–Crippen LogP) is 1.43. The molecule has 0 unspecified atom stereocenters. The number of amides is 2. The highest BCUT2D eigenvalue weighted by molar-refractivity contribution is 8.01. The fourth-order valence-corrected chi connectivity index (χ4v) is 4.19. The molecule has 1 fully saturated rings. The van der Waals surface area contributed by atoms with E-state index in [0.29, 0.717) is 25.9 Å². The van der Waals surface area contributed by atoms with Crippen LogP contribution in [0, 0.1) is 5.92 Å². The minimum Gasteiger partial charge on any atom is -0.369 e. The maximum absolute atomic E-state index is 12.5. The van der Waals surface area contributed by atoms with E-state index in [4.69, 9.17) is 5.73 Å². The molecule has 106 valence electrons. The van der Waals surface area contributed by atoms with Crippen LogP contribution in [0.5, 0.6) is 0 Å². The Labute approximate surface area is 122 Å². The number of hydrogen-bond acceptors (Lipinski definition) is 3. The van der Waals surface area contributed by atoms with E-state index in [1.165, 1.54) is 10.5 Å². The lowest BCUT2D eigenvalue weighted by atomic mass is 9.96. The van der Waals surface area contributed by atoms with Crippen molar-refractivity contribution in [3.05, 3.63) is 29.8 Å². The standard InChI is InChI=1S/C15H18N2O2S/c16-14(18)10-5-7-17(8-6-10)15(19)13-9-11-3-1-2-4-12(11)20-13/h1-4,10,13H,5-9H2,(H2,16,18)/t13-/m1/s1. The molecule has 2 N–H and O–H groups in total. The number of piperidine rings is 1. The quantitative estimate of drug-likeness (QED) is 0.896. The highest BCUT2D eigenvalue weighted by Crippen LogP contribution is 2.38. The molecule has 0 aliphatic carbocycles. The molecule has 0 radical (unpaired) electrons. The lowest BCUT2D eigenvalue weighted by Gasteiger charge is -2.32. The summed E-state index contributed by atoms with van der Waals surface area (Å²) < 4.78 is 0. The van der Waals surface area contributed by atoms with Gasteiger partial charge in [-0.05, 0) is 30.9 Å². The maximum atomic E-state index is 12.5. The summed E-state index contributed by atoms with van der Waals surface area (Å²) in [7, 11) is 0. The highest BCUT2D eigenvalue weighted by atomic mass is 32.2. The van der Waals surface area contributed by atoms with E-state index < -0.39 is 0 Å². The summed E-state index contributed by atoms with van der Waals surface area (Å²) >= 11 is 1.66. The molecule has 2 heterocycles. The fourth-order valence-electron chi connectivity index (χ4n) is 2.91. The van der Waals surface area contributed by atoms with E-state index in [-0.39, 0.29) is 23.0 Å². The summed E-state index contributed by atoms with van der Waals surface area (Å²) in [6.07, 6.45) is 2.21. The number of carbonyl (C=O) groups is 2. The van der Waals surface area contributed by atoms with Gasteiger partial charge in [-0.25, -0.2) is 0 Å². The van der Waals surface area contributed by atoms with Gasteiger partial charge in [-0.3, -0.25) is 9.59 Å². The number of thioether (sulfide) groups is 1. The third kappa shape index (κ3) is 2.54. The van der Waals surface area contributed by atoms with E-state index in [9.17, 15) is 9.59 Å². The van der Waals surface area contributed by atoms with Crippen molar-refractivity contribution >= 4 is 23.6 Å². The minimum absolute atomic E-state index is 0.00229. The van der Waals surface area contributed by atoms with Crippen molar-refractivity contribution in [2.45, 2.75) is 29.4 Å². The van der Waals surface area contributed by atoms with Gasteiger partial charge in [-0.15, -0.1) is 11.8 Å². The fraction of sp³-hybridized carbons (Fsp3) is 0.467. The Morgan fingerprint density at radius 3 is 2.55 bits per heavy atom. The van der Waals surface area contributed by atoms with E-state index in [1.54, 1.807) is 11.8 Å². The largest absolute Gasteiger partial charge is 0.369 e. The Kier molecular flexibility index (Phi) is 3.70. The molecule has 2 amide bonds. The van der Waals surface area contributed by atoms with Crippen molar-refractivity contribution in [3.8, 4) is 0 Å². The number of hydrogen-bond donors (Lipinski definition) is 1. The van der Waals surface area contributed by atoms with Crippen molar-refractivity contribution in [1.82, 2.24) is 4.90 Å². The van der Waals surface area contributed by atoms with E-state index in [1.807, 2.05) is 17.0 Å². The van der Waals surface area contributed by atoms with E-state index >= 15 is 0 Å². The van der Waals surface area contributed by atoms with Crippen molar-refractivity contribution in [2.24, 2.45) is 11.7 Å². The molecule has 1 atom stereocenters. The Morgan fingerprint density at radius 2 is 1.90 bits per heavy atom. The predicted molar refractivity (Wildman–Crippen MR) is 78.3 cm³/mol. The van der Waals surface area contributed by atoms with Crippen molar-refractivity contribution < 1.29 is 9.59 Å². The molecule has 0 spiro atoms. The van der Waals surface area contributed by atoms with Gasteiger partial charge in [-0.2, -0.15) is 0 Å². The van der Waals surface area contributed by atoms with Crippen LogP contribution in [0.4, 0.5) is 0 Å². The summed E-state index contributed by atoms with van der Waals surface area (Å²) in [6, 6.07) is 8.20. The van der Waals surface area contributed by atoms with Gasteiger partial charge >= 0.3 is 0 Å². The summed E-state index contributed by atoms with van der Waals surface area (Å²) in [5.74, 6) is -0.0960. The molecule has 1 aromatic rings. The first-order chi connectivity index (χ1) is 9.65. The van der Waals surface area contributed by atoms with Crippen LogP contribution in [0.2, 0.25) is 0 Å². The third-order valence-corrected chi connectivity index (χ3v) is 5.44. The van der Waals surface area contributed by atoms with Crippen molar-refractivity contribution in [2.75, 3.05) is 13.1 Å². The Bertz CT molecular complexity index is 513. The molecule has 2 aliphatic rings. The average Bonchev–Trinajstić information content (AvgIpc) is 2.90. The van der Waals surface area contributed by atoms with Gasteiger partial charge in [0.15, 0.2) is 0 Å². The van der Waals surface area contributed by atoms with Gasteiger partial charge in [-0.1, -0.05) is 18.2 Å². The Hall–Kier alpha value is -1.49. The first-order valence-corrected chi connectivity index (χ1v) is 7.86. The van der Waals surface area contributed by atoms with Crippen LogP contribution < -0.4 is 5.73 Å². The normalized spacial score (nSPS) is 22.6. The second kappa shape index (κ2) is 5.48. The van der Waals surface area contributed by atoms with E-state index in [0.717, 1.165) is 6.42 Å². The molecule has 1 saturated heterocycles. The zero-order valence-corrected chi connectivity index (χ0v) is 12.1. The first kappa shape index (κ1) is 13.5. The third-order valence-electron chi connectivity index (χ3n) is 4.13. The summed E-state index contributed by atoms with van der Waals surface area (Å²) in [4.78, 5) is 26.8. The van der Waals surface area contributed by atoms with Gasteiger partial charge in [0.25, 0.3) is 0 Å². The van der Waals surface area contributed by atoms with Gasteiger partial charge in [0.1, 0.15) is 0 Å². The topological polar surface area (TPSA) is 63.4 Å². The summed E-state index contributed by atoms with van der Waals surface area (Å²) in [5, 5.41) is -0.00229. The van der Waals surface area contributed by atoms with Gasteiger partial charge in [0.05, 0.1) is 5.25 Å². The molecule has 20 heavy (non-hydrogen) atoms. The molecule has 1 aromatic carbocycles. The molecule has 0 saturated carbocycles. The number of nitrogens with zero attached hydrogens (tertiary/aromatic N) is 1. The lowest BCUT2D eigenvalue weighted by molar-refractivity contribution is -0.134. The van der Waals surface area contributed by atoms with Gasteiger partial charge in [0, 0.05) is 23.9 Å². The molecule has 2 aliphatic heterocycles. The molecule has 3 rings (SSSR count). The summed E-state index contributed by atoms with van der Waals surface area (Å²) in [5.41, 5.74) is 6.59. The van der Waals surface area contributed by atoms with Crippen LogP contribution in [-0.4, -0.2) is 35.1 Å². The number of benzene rings is 1. The molecule has 5 heteroatoms. The lowest BCUT2D eigenvalue weighted by Crippen LogP contribution is -2.45. The van der Waals surface area contributed by atoms with Crippen molar-refractivity contribution in [1.29, 1.82) is 0 Å². The number of rotatable bonds is 2. The first-order valence-electron chi connectivity index (χ1n) is 6.98. The SMILES string of the molecule is NC(=O)C1CCN(C(=O)[C@H]2Cc3ccccc3S2)CC1. The summed E-state index contributed by atoms with van der Waals surface area (Å²) in [6.45, 7) is 1.31. The molecular formula is C15H18N2O2S. The van der Waals surface area contributed by atoms with Crippen LogP contribution in [0.25, 0.3) is 0 Å². The monoisotopic (exact) mass is 290 g/mol. The number of nitrogens with two attached hydrogens (primary N) is 1. The molecule has 0 aromatic heterocycles. The zero-order chi connectivity index (χ0) is 14.1. The second-order valence-electron chi connectivity index (χ2n) is 5.42. The minimum atomic E-state index is -0.236. The average molecular weight is 290 g/mol. The van der Waals surface area contributed by atoms with Crippen LogP contribution in [-0.2, 0) is 16.0 Å². The van der Waals surface area contributed by atoms with Crippen LogP contribution in [0.15, 0.2) is 29.2 Å². The zero-order valence-electron chi connectivity index (χ0n) is 11.2. The van der Waals surface area contributed by atoms with Crippen molar-refractivity contribution in [3.63, 3.8) is 0 Å². The smallest absolute Gasteiger partial charge is 0.236 e. The number of fused-ring (bicyclic) bond motifs is 1. The number of primary amides is 1. The van der Waals surface area contributed by atoms with Gasteiger partial charge in [0.2, 0.25) is 11.8 Å². The molecule has 0 bridgehead atoms. The van der Waals surface area contributed by atoms with Crippen LogP contribution in [0.3, 0.4) is 0 Å². The highest BCUT2D eigenvalue weighted by Gasteiger charge is 2.33. The maximum Gasteiger partial charge on any atom is 0.236 e. The number of likely N-dealkylation sites (tertiary alicyclic amines) is 1. The van der Waals surface area contributed by atoms with E-state index in [2.05, 4.69) is 12.1 Å². The second-order valence-corrected chi connectivity index (χ2v) is 6.66. The Morgan fingerprint density at radius 1 is 1.20 bits per heavy atom. The van der Waals surface area contributed by atoms with Crippen LogP contribution >= 0.6 is 11.8 Å². The molecular weight excluding hydrogens is 272 g/mol. The Balaban J connectivity index is 1.60. The molecule has 4 nitrogen and oxygen atoms in total. The number of carbonyl (C=O) groups excluding carboxylic acids is 2. The van der Waals surface area contributed by atoms with Crippen LogP contribution in [0.1, 0.15) is 18.4 Å².